The highest BCUT2D eigenvalue weighted by Gasteiger charge is 2.22. The summed E-state index contributed by atoms with van der Waals surface area (Å²) in [6, 6.07) is 5.24. The minimum absolute atomic E-state index is 0.0377. The number of carboxylic acids is 1. The largest absolute Gasteiger partial charge is 0.478 e. The molecule has 0 saturated heterocycles. The first-order valence-corrected chi connectivity index (χ1v) is 7.87. The normalized spacial score (nSPS) is 12.8. The van der Waals surface area contributed by atoms with E-state index < -0.39 is 5.97 Å². The molecule has 0 bridgehead atoms. The second-order valence-electron chi connectivity index (χ2n) is 5.77. The zero-order valence-corrected chi connectivity index (χ0v) is 14.0. The molecule has 1 rings (SSSR count). The molecule has 1 unspecified atom stereocenters. The summed E-state index contributed by atoms with van der Waals surface area (Å²) in [4.78, 5) is 24.1. The number of carboxylic acid groups (broad SMARTS) is 1. The first kappa shape index (κ1) is 17.6. The number of aryl methyl sites for hydroxylation is 1. The molecule has 0 aromatic heterocycles. The van der Waals surface area contributed by atoms with Crippen LogP contribution in [0.5, 0.6) is 0 Å². The van der Waals surface area contributed by atoms with Crippen molar-refractivity contribution in [3.63, 3.8) is 0 Å². The van der Waals surface area contributed by atoms with E-state index in [-0.39, 0.29) is 22.3 Å². The van der Waals surface area contributed by atoms with Crippen molar-refractivity contribution in [2.24, 2.45) is 0 Å². The highest BCUT2D eigenvalue weighted by atomic mass is 32.2. The Morgan fingerprint density at radius 1 is 1.38 bits per heavy atom. The van der Waals surface area contributed by atoms with E-state index in [1.165, 1.54) is 11.8 Å². The van der Waals surface area contributed by atoms with Crippen LogP contribution in [-0.2, 0) is 4.79 Å². The maximum atomic E-state index is 12.2. The first-order valence-electron chi connectivity index (χ1n) is 6.99. The van der Waals surface area contributed by atoms with Gasteiger partial charge in [-0.1, -0.05) is 13.0 Å². The van der Waals surface area contributed by atoms with Gasteiger partial charge in [0.2, 0.25) is 5.91 Å². The Morgan fingerprint density at radius 2 is 2.00 bits per heavy atom. The third kappa shape index (κ3) is 5.08. The molecule has 0 fully saturated rings. The van der Waals surface area contributed by atoms with E-state index in [9.17, 15) is 9.59 Å². The number of aromatic carboxylic acids is 1. The van der Waals surface area contributed by atoms with Gasteiger partial charge in [0.15, 0.2) is 0 Å². The van der Waals surface area contributed by atoms with Crippen molar-refractivity contribution in [1.29, 1.82) is 0 Å². The van der Waals surface area contributed by atoms with Crippen molar-refractivity contribution in [2.75, 3.05) is 0 Å². The molecule has 1 aromatic rings. The quantitative estimate of drug-likeness (QED) is 0.790. The average Bonchev–Trinajstić information content (AvgIpc) is 2.40. The Balaban J connectivity index is 2.79. The molecule has 21 heavy (non-hydrogen) atoms. The zero-order valence-electron chi connectivity index (χ0n) is 13.2. The molecule has 1 atom stereocenters. The maximum absolute atomic E-state index is 12.2. The summed E-state index contributed by atoms with van der Waals surface area (Å²) in [6.07, 6.45) is 0.851. The summed E-state index contributed by atoms with van der Waals surface area (Å²) >= 11 is 1.37. The molecule has 0 spiro atoms. The fraction of sp³-hybridized carbons (Fsp3) is 0.500. The second-order valence-corrected chi connectivity index (χ2v) is 7.18. The standard InChI is InChI=1S/C16H23NO3S/c1-6-16(4,5)17-14(18)11(3)21-12-8-7-10(2)13(9-12)15(19)20/h7-9,11H,6H2,1-5H3,(H,17,18)(H,19,20). The van der Waals surface area contributed by atoms with Crippen LogP contribution in [0.25, 0.3) is 0 Å². The van der Waals surface area contributed by atoms with Crippen molar-refractivity contribution >= 4 is 23.6 Å². The van der Waals surface area contributed by atoms with E-state index in [1.54, 1.807) is 19.1 Å². The predicted molar refractivity (Wildman–Crippen MR) is 86.0 cm³/mol. The van der Waals surface area contributed by atoms with Gasteiger partial charge in [-0.15, -0.1) is 11.8 Å². The third-order valence-corrected chi connectivity index (χ3v) is 4.56. The van der Waals surface area contributed by atoms with Crippen LogP contribution >= 0.6 is 11.8 Å². The topological polar surface area (TPSA) is 66.4 Å². The van der Waals surface area contributed by atoms with Crippen molar-refractivity contribution in [2.45, 2.75) is 56.7 Å². The number of hydrogen-bond acceptors (Lipinski definition) is 3. The van der Waals surface area contributed by atoms with Gasteiger partial charge in [0, 0.05) is 10.4 Å². The number of thioether (sulfide) groups is 1. The van der Waals surface area contributed by atoms with Gasteiger partial charge in [-0.25, -0.2) is 4.79 Å². The highest BCUT2D eigenvalue weighted by Crippen LogP contribution is 2.26. The molecule has 2 N–H and O–H groups in total. The minimum atomic E-state index is -0.945. The van der Waals surface area contributed by atoms with Gasteiger partial charge in [-0.2, -0.15) is 0 Å². The summed E-state index contributed by atoms with van der Waals surface area (Å²) in [5.41, 5.74) is 0.767. The minimum Gasteiger partial charge on any atom is -0.478 e. The Hall–Kier alpha value is -1.49. The lowest BCUT2D eigenvalue weighted by Gasteiger charge is -2.26. The lowest BCUT2D eigenvalue weighted by molar-refractivity contribution is -0.121. The van der Waals surface area contributed by atoms with E-state index in [1.807, 2.05) is 33.8 Å². The fourth-order valence-electron chi connectivity index (χ4n) is 1.69. The molecule has 0 radical (unpaired) electrons. The van der Waals surface area contributed by atoms with Crippen LogP contribution in [0.4, 0.5) is 0 Å². The number of carbonyl (C=O) groups excluding carboxylic acids is 1. The van der Waals surface area contributed by atoms with Gasteiger partial charge in [-0.05, 0) is 51.8 Å². The van der Waals surface area contributed by atoms with Crippen molar-refractivity contribution in [3.8, 4) is 0 Å². The molecule has 0 aliphatic heterocycles. The van der Waals surface area contributed by atoms with E-state index in [4.69, 9.17) is 5.11 Å². The van der Waals surface area contributed by atoms with Crippen molar-refractivity contribution in [1.82, 2.24) is 5.32 Å². The molecule has 0 heterocycles. The van der Waals surface area contributed by atoms with Crippen molar-refractivity contribution < 1.29 is 14.7 Å². The number of amides is 1. The molecular formula is C16H23NO3S. The lowest BCUT2D eigenvalue weighted by atomic mass is 10.0. The Bertz CT molecular complexity index is 540. The Morgan fingerprint density at radius 3 is 2.52 bits per heavy atom. The van der Waals surface area contributed by atoms with Crippen LogP contribution in [0.1, 0.15) is 50.0 Å². The monoisotopic (exact) mass is 309 g/mol. The molecule has 0 aliphatic rings. The van der Waals surface area contributed by atoms with E-state index >= 15 is 0 Å². The summed E-state index contributed by atoms with van der Waals surface area (Å²) in [6.45, 7) is 9.58. The number of benzene rings is 1. The number of rotatable bonds is 6. The first-order chi connectivity index (χ1) is 9.66. The number of carbonyl (C=O) groups is 2. The zero-order chi connectivity index (χ0) is 16.2. The predicted octanol–water partition coefficient (Wildman–Crippen LogP) is 3.48. The van der Waals surface area contributed by atoms with E-state index in [0.717, 1.165) is 16.9 Å². The Kier molecular flexibility index (Phi) is 5.84. The summed E-state index contributed by atoms with van der Waals surface area (Å²) in [7, 11) is 0. The molecule has 0 aliphatic carbocycles. The molecule has 5 heteroatoms. The van der Waals surface area contributed by atoms with Gasteiger partial charge in [0.05, 0.1) is 10.8 Å². The molecule has 1 aromatic carbocycles. The van der Waals surface area contributed by atoms with Gasteiger partial charge in [0.1, 0.15) is 0 Å². The Labute approximate surface area is 130 Å². The number of hydrogen-bond donors (Lipinski definition) is 2. The highest BCUT2D eigenvalue weighted by molar-refractivity contribution is 8.00. The molecule has 0 saturated carbocycles. The molecule has 4 nitrogen and oxygen atoms in total. The number of nitrogens with one attached hydrogen (secondary N) is 1. The van der Waals surface area contributed by atoms with Crippen LogP contribution in [0, 0.1) is 6.92 Å². The van der Waals surface area contributed by atoms with E-state index in [0.29, 0.717) is 0 Å². The van der Waals surface area contributed by atoms with Crippen LogP contribution in [0.3, 0.4) is 0 Å². The summed E-state index contributed by atoms with van der Waals surface area (Å²) in [5.74, 6) is -0.983. The van der Waals surface area contributed by atoms with Crippen molar-refractivity contribution in [3.05, 3.63) is 29.3 Å². The molecular weight excluding hydrogens is 286 g/mol. The van der Waals surface area contributed by atoms with Gasteiger partial charge < -0.3 is 10.4 Å². The molecule has 116 valence electrons. The van der Waals surface area contributed by atoms with Gasteiger partial charge in [0.25, 0.3) is 0 Å². The summed E-state index contributed by atoms with van der Waals surface area (Å²) in [5, 5.41) is 11.9. The molecule has 1 amide bonds. The summed E-state index contributed by atoms with van der Waals surface area (Å²) < 4.78 is 0. The lowest BCUT2D eigenvalue weighted by Crippen LogP contribution is -2.46. The van der Waals surface area contributed by atoms with Crippen LogP contribution in [-0.4, -0.2) is 27.8 Å². The van der Waals surface area contributed by atoms with Gasteiger partial charge >= 0.3 is 5.97 Å². The van der Waals surface area contributed by atoms with Gasteiger partial charge in [-0.3, -0.25) is 4.79 Å². The van der Waals surface area contributed by atoms with Crippen LogP contribution in [0.15, 0.2) is 23.1 Å². The maximum Gasteiger partial charge on any atom is 0.335 e. The average molecular weight is 309 g/mol. The smallest absolute Gasteiger partial charge is 0.335 e. The van der Waals surface area contributed by atoms with E-state index in [2.05, 4.69) is 5.32 Å². The van der Waals surface area contributed by atoms with Crippen LogP contribution in [0.2, 0.25) is 0 Å². The van der Waals surface area contributed by atoms with Crippen LogP contribution < -0.4 is 5.32 Å². The second kappa shape index (κ2) is 6.98. The fourth-order valence-corrected chi connectivity index (χ4v) is 2.59. The third-order valence-electron chi connectivity index (χ3n) is 3.47. The SMILES string of the molecule is CCC(C)(C)NC(=O)C(C)Sc1ccc(C)c(C(=O)O)c1.